The molecule has 1 aliphatic rings. The van der Waals surface area contributed by atoms with Crippen LogP contribution in [0.2, 0.25) is 0 Å². The van der Waals surface area contributed by atoms with Crippen LogP contribution in [0.1, 0.15) is 23.3 Å². The molecule has 0 unspecified atom stereocenters. The van der Waals surface area contributed by atoms with Gasteiger partial charge in [0, 0.05) is 12.1 Å². The molecular weight excluding hydrogens is 420 g/mol. The van der Waals surface area contributed by atoms with Crippen LogP contribution in [0, 0.1) is 10.1 Å². The minimum absolute atomic E-state index is 0.0297. The molecule has 2 amide bonds. The molecule has 27 heavy (non-hydrogen) atoms. The van der Waals surface area contributed by atoms with Gasteiger partial charge in [0.25, 0.3) is 5.69 Å². The minimum Gasteiger partial charge on any atom is -0.446 e. The summed E-state index contributed by atoms with van der Waals surface area (Å²) in [4.78, 5) is 34.9. The van der Waals surface area contributed by atoms with E-state index in [9.17, 15) is 24.8 Å². The highest BCUT2D eigenvalue weighted by atomic mass is 79.9. The number of aliphatic hydroxyl groups excluding tert-OH is 1. The van der Waals surface area contributed by atoms with Crippen molar-refractivity contribution in [2.75, 3.05) is 6.61 Å². The van der Waals surface area contributed by atoms with Crippen molar-refractivity contribution in [3.05, 3.63) is 75.8 Å². The summed E-state index contributed by atoms with van der Waals surface area (Å²) in [6.45, 7) is 0.0297. The number of nitrogens with zero attached hydrogens (tertiary/aromatic N) is 2. The van der Waals surface area contributed by atoms with Gasteiger partial charge in [0.15, 0.2) is 0 Å². The number of non-ortho nitro benzene ring substituents is 1. The molecule has 0 spiro atoms. The lowest BCUT2D eigenvalue weighted by molar-refractivity contribution is -0.384. The fourth-order valence-corrected chi connectivity index (χ4v) is 3.34. The molecule has 1 heterocycles. The van der Waals surface area contributed by atoms with Gasteiger partial charge in [-0.2, -0.15) is 0 Å². The number of carbonyl (C=O) groups excluding carboxylic acids is 2. The van der Waals surface area contributed by atoms with Gasteiger partial charge in [-0.1, -0.05) is 46.3 Å². The summed E-state index contributed by atoms with van der Waals surface area (Å²) in [5.41, 5.74) is 0.913. The predicted molar refractivity (Wildman–Crippen MR) is 98.1 cm³/mol. The van der Waals surface area contributed by atoms with Crippen molar-refractivity contribution in [2.45, 2.75) is 17.0 Å². The lowest BCUT2D eigenvalue weighted by Gasteiger charge is -2.25. The third-order valence-electron chi connectivity index (χ3n) is 4.25. The van der Waals surface area contributed by atoms with Gasteiger partial charge in [0.1, 0.15) is 23.6 Å². The number of benzene rings is 2. The Hall–Kier alpha value is -2.78. The summed E-state index contributed by atoms with van der Waals surface area (Å²) >= 11 is 3.15. The average Bonchev–Trinajstić information content (AvgIpc) is 3.08. The monoisotopic (exact) mass is 434 g/mol. The van der Waals surface area contributed by atoms with E-state index >= 15 is 0 Å². The number of nitro groups is 1. The number of amides is 2. The first-order valence-corrected chi connectivity index (χ1v) is 8.93. The SMILES string of the molecule is O=C1OC[C@H](c2ccccc2)N1C(=O)[C@H](Br)[C@@H](O)c1ccc([N+](=O)[O-])cc1. The number of hydrogen-bond donors (Lipinski definition) is 1. The van der Waals surface area contributed by atoms with Gasteiger partial charge in [-0.15, -0.1) is 0 Å². The van der Waals surface area contributed by atoms with Crippen LogP contribution in [0.25, 0.3) is 0 Å². The molecule has 1 N–H and O–H groups in total. The predicted octanol–water partition coefficient (Wildman–Crippen LogP) is 3.11. The second-order valence-electron chi connectivity index (χ2n) is 5.91. The first kappa shape index (κ1) is 19.0. The highest BCUT2D eigenvalue weighted by Crippen LogP contribution is 2.32. The van der Waals surface area contributed by atoms with Crippen LogP contribution in [-0.4, -0.2) is 38.4 Å². The van der Waals surface area contributed by atoms with Crippen LogP contribution >= 0.6 is 15.9 Å². The molecule has 0 aliphatic carbocycles. The van der Waals surface area contributed by atoms with E-state index in [0.717, 1.165) is 10.5 Å². The molecule has 2 aromatic rings. The van der Waals surface area contributed by atoms with Gasteiger partial charge in [0.2, 0.25) is 5.91 Å². The zero-order valence-electron chi connectivity index (χ0n) is 13.9. The molecule has 2 aromatic carbocycles. The zero-order valence-corrected chi connectivity index (χ0v) is 15.5. The quantitative estimate of drug-likeness (QED) is 0.439. The van der Waals surface area contributed by atoms with Crippen molar-refractivity contribution >= 4 is 33.6 Å². The molecule has 3 atom stereocenters. The van der Waals surface area contributed by atoms with Crippen LogP contribution in [0.5, 0.6) is 0 Å². The Balaban J connectivity index is 1.80. The van der Waals surface area contributed by atoms with Gasteiger partial charge < -0.3 is 9.84 Å². The number of imide groups is 1. The van der Waals surface area contributed by atoms with Crippen LogP contribution in [0.15, 0.2) is 54.6 Å². The highest BCUT2D eigenvalue weighted by Gasteiger charge is 2.43. The van der Waals surface area contributed by atoms with E-state index in [1.54, 1.807) is 24.3 Å². The molecule has 1 aliphatic heterocycles. The minimum atomic E-state index is -1.30. The van der Waals surface area contributed by atoms with Crippen LogP contribution in [0.4, 0.5) is 10.5 Å². The average molecular weight is 435 g/mol. The standard InChI is InChI=1S/C18H15BrN2O6/c19-15(16(22)12-6-8-13(9-7-12)21(25)26)17(23)20-14(10-27-18(20)24)11-4-2-1-3-5-11/h1-9,14-16,22H,10H2/t14-,15-,16+/m1/s1. The van der Waals surface area contributed by atoms with E-state index < -0.39 is 33.9 Å². The number of alkyl halides is 1. The molecule has 1 saturated heterocycles. The molecule has 9 heteroatoms. The van der Waals surface area contributed by atoms with E-state index in [2.05, 4.69) is 15.9 Å². The molecule has 0 saturated carbocycles. The number of nitro benzene ring substituents is 1. The molecule has 0 radical (unpaired) electrons. The Morgan fingerprint density at radius 3 is 2.44 bits per heavy atom. The lowest BCUT2D eigenvalue weighted by Crippen LogP contribution is -2.41. The number of rotatable bonds is 5. The number of carbonyl (C=O) groups is 2. The highest BCUT2D eigenvalue weighted by molar-refractivity contribution is 9.10. The van der Waals surface area contributed by atoms with Gasteiger partial charge >= 0.3 is 6.09 Å². The summed E-state index contributed by atoms with van der Waals surface area (Å²) in [5.74, 6) is -0.655. The maximum absolute atomic E-state index is 12.8. The largest absolute Gasteiger partial charge is 0.446 e. The van der Waals surface area contributed by atoms with E-state index in [4.69, 9.17) is 4.74 Å². The maximum atomic E-state index is 12.8. The number of ether oxygens (including phenoxy) is 1. The summed E-state index contributed by atoms with van der Waals surface area (Å²) in [5, 5.41) is 21.2. The van der Waals surface area contributed by atoms with E-state index in [-0.39, 0.29) is 12.3 Å². The molecular formula is C18H15BrN2O6. The van der Waals surface area contributed by atoms with Crippen LogP contribution in [-0.2, 0) is 9.53 Å². The molecule has 8 nitrogen and oxygen atoms in total. The van der Waals surface area contributed by atoms with E-state index in [1.807, 2.05) is 6.07 Å². The summed E-state index contributed by atoms with van der Waals surface area (Å²) < 4.78 is 5.02. The molecule has 0 bridgehead atoms. The van der Waals surface area contributed by atoms with Crippen LogP contribution < -0.4 is 0 Å². The van der Waals surface area contributed by atoms with Crippen molar-refractivity contribution in [1.82, 2.24) is 4.90 Å². The normalized spacial score (nSPS) is 18.7. The number of halogens is 1. The van der Waals surface area contributed by atoms with Crippen molar-refractivity contribution in [1.29, 1.82) is 0 Å². The second-order valence-corrected chi connectivity index (χ2v) is 6.89. The second kappa shape index (κ2) is 7.85. The fourth-order valence-electron chi connectivity index (χ4n) is 2.82. The third kappa shape index (κ3) is 3.83. The first-order chi connectivity index (χ1) is 12.9. The molecule has 0 aromatic heterocycles. The van der Waals surface area contributed by atoms with Gasteiger partial charge in [-0.25, -0.2) is 9.69 Å². The molecule has 1 fully saturated rings. The summed E-state index contributed by atoms with van der Waals surface area (Å²) in [7, 11) is 0. The smallest absolute Gasteiger partial charge is 0.417 e. The Morgan fingerprint density at radius 2 is 1.85 bits per heavy atom. The Labute approximate surface area is 162 Å². The molecule has 140 valence electrons. The maximum Gasteiger partial charge on any atom is 0.417 e. The third-order valence-corrected chi connectivity index (χ3v) is 5.15. The lowest BCUT2D eigenvalue weighted by atomic mass is 10.0. The van der Waals surface area contributed by atoms with Crippen molar-refractivity contribution < 1.29 is 24.4 Å². The Kier molecular flexibility index (Phi) is 5.52. The topological polar surface area (TPSA) is 110 Å². The Bertz CT molecular complexity index is 858. The summed E-state index contributed by atoms with van der Waals surface area (Å²) in [6.07, 6.45) is -2.09. The number of aliphatic hydroxyl groups is 1. The van der Waals surface area contributed by atoms with Gasteiger partial charge in [-0.3, -0.25) is 14.9 Å². The van der Waals surface area contributed by atoms with Gasteiger partial charge in [-0.05, 0) is 23.3 Å². The van der Waals surface area contributed by atoms with Crippen molar-refractivity contribution in [2.24, 2.45) is 0 Å². The van der Waals surface area contributed by atoms with Crippen molar-refractivity contribution in [3.63, 3.8) is 0 Å². The molecule has 3 rings (SSSR count). The van der Waals surface area contributed by atoms with Crippen molar-refractivity contribution in [3.8, 4) is 0 Å². The Morgan fingerprint density at radius 1 is 1.22 bits per heavy atom. The fraction of sp³-hybridized carbons (Fsp3) is 0.222. The zero-order chi connectivity index (χ0) is 19.6. The van der Waals surface area contributed by atoms with E-state index in [0.29, 0.717) is 5.56 Å². The first-order valence-electron chi connectivity index (χ1n) is 8.01. The van der Waals surface area contributed by atoms with Crippen LogP contribution in [0.3, 0.4) is 0 Å². The number of hydrogen-bond acceptors (Lipinski definition) is 6. The van der Waals surface area contributed by atoms with E-state index in [1.165, 1.54) is 24.3 Å². The summed E-state index contributed by atoms with van der Waals surface area (Å²) in [6, 6.07) is 13.6. The number of cyclic esters (lactones) is 1. The van der Waals surface area contributed by atoms with Gasteiger partial charge in [0.05, 0.1) is 4.92 Å².